The first kappa shape index (κ1) is 14.8. The number of furan rings is 1. The third-order valence-electron chi connectivity index (χ3n) is 3.11. The normalized spacial score (nSPS) is 17.4. The largest absolute Gasteiger partial charge is 0.465 e. The number of allylic oxidation sites excluding steroid dienone is 1. The molecule has 1 aliphatic rings. The lowest BCUT2D eigenvalue weighted by molar-refractivity contribution is -0.122. The molecule has 2 N–H and O–H groups in total. The number of thioether (sulfide) groups is 1. The number of amides is 2. The van der Waals surface area contributed by atoms with Gasteiger partial charge in [-0.25, -0.2) is 0 Å². The summed E-state index contributed by atoms with van der Waals surface area (Å²) in [5.41, 5.74) is 6.17. The maximum absolute atomic E-state index is 12.4. The zero-order valence-electron chi connectivity index (χ0n) is 11.6. The predicted octanol–water partition coefficient (Wildman–Crippen LogP) is 2.38. The van der Waals surface area contributed by atoms with E-state index in [4.69, 9.17) is 10.2 Å². The number of nitrogens with zero attached hydrogens (tertiary/aromatic N) is 3. The van der Waals surface area contributed by atoms with Crippen LogP contribution >= 0.6 is 23.1 Å². The summed E-state index contributed by atoms with van der Waals surface area (Å²) in [5, 5.41) is 8.37. The number of imide groups is 1. The highest BCUT2D eigenvalue weighted by Gasteiger charge is 2.36. The standard InChI is InChI=1S/C13H12N4O3S2/c1-7(8-3-2-6-20-8)10-11(18)17(13(19)22-10)5-4-9-15-16-12(14)21-9/h2-3,6H,4-5H2,1H3,(H2,14,16). The second-order valence-electron chi connectivity index (χ2n) is 4.54. The summed E-state index contributed by atoms with van der Waals surface area (Å²) in [7, 11) is 0. The molecule has 3 heterocycles. The van der Waals surface area contributed by atoms with Crippen LogP contribution < -0.4 is 5.73 Å². The molecule has 2 amide bonds. The molecule has 22 heavy (non-hydrogen) atoms. The zero-order chi connectivity index (χ0) is 15.7. The number of nitrogens with two attached hydrogens (primary N) is 1. The second-order valence-corrected chi connectivity index (χ2v) is 6.60. The minimum absolute atomic E-state index is 0.258. The highest BCUT2D eigenvalue weighted by Crippen LogP contribution is 2.36. The van der Waals surface area contributed by atoms with Crippen molar-refractivity contribution in [3.05, 3.63) is 34.1 Å². The van der Waals surface area contributed by atoms with E-state index in [1.807, 2.05) is 0 Å². The molecule has 0 unspecified atom stereocenters. The molecule has 0 aromatic carbocycles. The topological polar surface area (TPSA) is 102 Å². The average Bonchev–Trinajstić information content (AvgIpc) is 3.19. The van der Waals surface area contributed by atoms with E-state index in [9.17, 15) is 9.59 Å². The number of anilines is 1. The van der Waals surface area contributed by atoms with Crippen molar-refractivity contribution in [3.63, 3.8) is 0 Å². The second kappa shape index (κ2) is 5.93. The molecule has 1 saturated heterocycles. The van der Waals surface area contributed by atoms with Crippen molar-refractivity contribution < 1.29 is 14.0 Å². The molecule has 0 atom stereocenters. The van der Waals surface area contributed by atoms with Crippen LogP contribution in [0.4, 0.5) is 9.93 Å². The molecule has 114 valence electrons. The molecule has 0 spiro atoms. The Hall–Kier alpha value is -2.13. The number of carbonyl (C=O) groups excluding carboxylic acids is 2. The lowest BCUT2D eigenvalue weighted by atomic mass is 10.2. The quantitative estimate of drug-likeness (QED) is 0.855. The van der Waals surface area contributed by atoms with Crippen LogP contribution in [0.1, 0.15) is 17.7 Å². The Morgan fingerprint density at radius 1 is 1.41 bits per heavy atom. The third kappa shape index (κ3) is 2.77. The van der Waals surface area contributed by atoms with Crippen molar-refractivity contribution in [3.8, 4) is 0 Å². The highest BCUT2D eigenvalue weighted by molar-refractivity contribution is 8.18. The fourth-order valence-corrected chi connectivity index (χ4v) is 3.51. The maximum Gasteiger partial charge on any atom is 0.293 e. The molecule has 1 aliphatic heterocycles. The van der Waals surface area contributed by atoms with Gasteiger partial charge in [-0.2, -0.15) is 0 Å². The van der Waals surface area contributed by atoms with Crippen molar-refractivity contribution in [1.29, 1.82) is 0 Å². The number of hydrogen-bond acceptors (Lipinski definition) is 8. The van der Waals surface area contributed by atoms with Crippen LogP contribution in [0.2, 0.25) is 0 Å². The Bertz CT molecular complexity index is 751. The molecule has 0 aliphatic carbocycles. The molecule has 9 heteroatoms. The Morgan fingerprint density at radius 2 is 2.23 bits per heavy atom. The van der Waals surface area contributed by atoms with Gasteiger partial charge >= 0.3 is 0 Å². The van der Waals surface area contributed by atoms with E-state index in [0.717, 1.165) is 11.8 Å². The number of aromatic nitrogens is 2. The van der Waals surface area contributed by atoms with Gasteiger partial charge in [0.25, 0.3) is 11.1 Å². The van der Waals surface area contributed by atoms with Gasteiger partial charge in [-0.3, -0.25) is 14.5 Å². The van der Waals surface area contributed by atoms with Gasteiger partial charge in [0.2, 0.25) is 5.13 Å². The van der Waals surface area contributed by atoms with E-state index in [-0.39, 0.29) is 17.7 Å². The summed E-state index contributed by atoms with van der Waals surface area (Å²) in [5.74, 6) is 0.281. The maximum atomic E-state index is 12.4. The monoisotopic (exact) mass is 336 g/mol. The summed E-state index contributed by atoms with van der Waals surface area (Å²) >= 11 is 2.18. The van der Waals surface area contributed by atoms with E-state index in [1.54, 1.807) is 19.1 Å². The summed E-state index contributed by atoms with van der Waals surface area (Å²) < 4.78 is 5.27. The van der Waals surface area contributed by atoms with Crippen molar-refractivity contribution in [2.45, 2.75) is 13.3 Å². The molecule has 1 fully saturated rings. The van der Waals surface area contributed by atoms with Crippen LogP contribution in [-0.4, -0.2) is 32.8 Å². The van der Waals surface area contributed by atoms with Crippen molar-refractivity contribution in [1.82, 2.24) is 15.1 Å². The third-order valence-corrected chi connectivity index (χ3v) is 5.00. The van der Waals surface area contributed by atoms with Gasteiger partial charge in [-0.15, -0.1) is 10.2 Å². The summed E-state index contributed by atoms with van der Waals surface area (Å²) in [4.78, 5) is 26.1. The van der Waals surface area contributed by atoms with E-state index in [0.29, 0.717) is 32.8 Å². The zero-order valence-corrected chi connectivity index (χ0v) is 13.2. The predicted molar refractivity (Wildman–Crippen MR) is 84.0 cm³/mol. The lowest BCUT2D eigenvalue weighted by Gasteiger charge is -2.10. The summed E-state index contributed by atoms with van der Waals surface area (Å²) in [6.07, 6.45) is 1.98. The molecule has 2 aromatic heterocycles. The minimum atomic E-state index is -0.304. The number of hydrogen-bond donors (Lipinski definition) is 1. The molecule has 0 bridgehead atoms. The molecule has 0 radical (unpaired) electrons. The fourth-order valence-electron chi connectivity index (χ4n) is 2.00. The SMILES string of the molecule is CC(=C1SC(=O)N(CCc2nnc(N)s2)C1=O)c1ccco1. The smallest absolute Gasteiger partial charge is 0.293 e. The van der Waals surface area contributed by atoms with Crippen LogP contribution in [0.3, 0.4) is 0 Å². The van der Waals surface area contributed by atoms with Crippen LogP contribution in [-0.2, 0) is 11.2 Å². The van der Waals surface area contributed by atoms with Crippen molar-refractivity contribution in [2.75, 3.05) is 12.3 Å². The van der Waals surface area contributed by atoms with Crippen LogP contribution in [0, 0.1) is 0 Å². The fraction of sp³-hybridized carbons (Fsp3) is 0.231. The van der Waals surface area contributed by atoms with Gasteiger partial charge < -0.3 is 10.2 Å². The molecule has 0 saturated carbocycles. The Kier molecular flexibility index (Phi) is 3.99. The summed E-state index contributed by atoms with van der Waals surface area (Å²) in [6, 6.07) is 3.50. The minimum Gasteiger partial charge on any atom is -0.465 e. The van der Waals surface area contributed by atoms with E-state index < -0.39 is 0 Å². The van der Waals surface area contributed by atoms with Crippen LogP contribution in [0.25, 0.3) is 5.57 Å². The number of rotatable bonds is 4. The van der Waals surface area contributed by atoms with Gasteiger partial charge in [0.05, 0.1) is 11.2 Å². The van der Waals surface area contributed by atoms with Gasteiger partial charge in [0.15, 0.2) is 0 Å². The number of carbonyl (C=O) groups is 2. The lowest BCUT2D eigenvalue weighted by Crippen LogP contribution is -2.30. The Morgan fingerprint density at radius 3 is 2.86 bits per heavy atom. The Labute approximate surface area is 134 Å². The molecule has 7 nitrogen and oxygen atoms in total. The molecular weight excluding hydrogens is 324 g/mol. The van der Waals surface area contributed by atoms with Gasteiger partial charge in [0, 0.05) is 18.5 Å². The van der Waals surface area contributed by atoms with Crippen molar-refractivity contribution in [2.24, 2.45) is 0 Å². The first-order valence-electron chi connectivity index (χ1n) is 6.42. The Balaban J connectivity index is 1.75. The van der Waals surface area contributed by atoms with Gasteiger partial charge in [-0.1, -0.05) is 11.3 Å². The van der Waals surface area contributed by atoms with Gasteiger partial charge in [-0.05, 0) is 30.8 Å². The number of nitrogen functional groups attached to an aromatic ring is 1. The highest BCUT2D eigenvalue weighted by atomic mass is 32.2. The van der Waals surface area contributed by atoms with E-state index >= 15 is 0 Å². The van der Waals surface area contributed by atoms with E-state index in [2.05, 4.69) is 10.2 Å². The first-order valence-corrected chi connectivity index (χ1v) is 8.06. The van der Waals surface area contributed by atoms with Crippen molar-refractivity contribution >= 4 is 44.9 Å². The molecular formula is C13H12N4O3S2. The van der Waals surface area contributed by atoms with Crippen LogP contribution in [0.15, 0.2) is 27.7 Å². The average molecular weight is 336 g/mol. The molecule has 3 rings (SSSR count). The van der Waals surface area contributed by atoms with E-state index in [1.165, 1.54) is 22.5 Å². The molecule has 2 aromatic rings. The van der Waals surface area contributed by atoms with Crippen LogP contribution in [0.5, 0.6) is 0 Å². The van der Waals surface area contributed by atoms with Gasteiger partial charge in [0.1, 0.15) is 10.8 Å². The first-order chi connectivity index (χ1) is 10.6. The summed E-state index contributed by atoms with van der Waals surface area (Å²) in [6.45, 7) is 2.02.